The third-order valence-corrected chi connectivity index (χ3v) is 3.28. The number of halogens is 1. The van der Waals surface area contributed by atoms with Gasteiger partial charge in [-0.3, -0.25) is 9.79 Å². The van der Waals surface area contributed by atoms with Gasteiger partial charge in [-0.05, 0) is 49.0 Å². The normalized spacial score (nSPS) is 11.2. The zero-order valence-corrected chi connectivity index (χ0v) is 12.7. The lowest BCUT2D eigenvalue weighted by molar-refractivity contribution is 0.112. The smallest absolute Gasteiger partial charge is 0.166 e. The Morgan fingerprint density at radius 1 is 1.09 bits per heavy atom. The van der Waals surface area contributed by atoms with Crippen LogP contribution < -0.4 is 0 Å². The van der Waals surface area contributed by atoms with E-state index in [2.05, 4.69) is 11.7 Å². The van der Waals surface area contributed by atoms with Gasteiger partial charge in [0, 0.05) is 5.56 Å². The predicted molar refractivity (Wildman–Crippen MR) is 92.7 cm³/mol. The number of nitrogens with zero attached hydrogens (tertiary/aromatic N) is 1. The number of aldehydes is 1. The molecular formula is C19H16FNO2. The second-order valence-corrected chi connectivity index (χ2v) is 4.87. The Bertz CT molecular complexity index is 807. The van der Waals surface area contributed by atoms with E-state index in [0.29, 0.717) is 11.8 Å². The summed E-state index contributed by atoms with van der Waals surface area (Å²) in [6.45, 7) is 5.45. The highest BCUT2D eigenvalue weighted by Gasteiger charge is 2.07. The summed E-state index contributed by atoms with van der Waals surface area (Å²) in [6, 6.07) is 8.24. The summed E-state index contributed by atoms with van der Waals surface area (Å²) < 4.78 is 13.5. The number of phenols is 1. The van der Waals surface area contributed by atoms with Gasteiger partial charge in [-0.2, -0.15) is 0 Å². The van der Waals surface area contributed by atoms with Crippen molar-refractivity contribution in [2.75, 3.05) is 0 Å². The molecule has 0 amide bonds. The number of aliphatic imine (C=N–C) groups is 1. The van der Waals surface area contributed by atoms with E-state index >= 15 is 0 Å². The van der Waals surface area contributed by atoms with Gasteiger partial charge in [0.1, 0.15) is 0 Å². The molecule has 0 saturated carbocycles. The molecule has 0 aliphatic heterocycles. The van der Waals surface area contributed by atoms with Crippen molar-refractivity contribution in [2.45, 2.75) is 6.92 Å². The van der Waals surface area contributed by atoms with Crippen LogP contribution in [0.2, 0.25) is 0 Å². The summed E-state index contributed by atoms with van der Waals surface area (Å²) in [7, 11) is 0. The lowest BCUT2D eigenvalue weighted by Gasteiger charge is -2.03. The van der Waals surface area contributed by atoms with Crippen molar-refractivity contribution >= 4 is 36.9 Å². The molecule has 0 unspecified atom stereocenters. The maximum absolute atomic E-state index is 13.5. The fourth-order valence-corrected chi connectivity index (χ4v) is 2.15. The van der Waals surface area contributed by atoms with Crippen molar-refractivity contribution in [1.82, 2.24) is 0 Å². The van der Waals surface area contributed by atoms with Gasteiger partial charge in [-0.15, -0.1) is 0 Å². The summed E-state index contributed by atoms with van der Waals surface area (Å²) in [5.74, 6) is -1.45. The Hall–Kier alpha value is -3.01. The average Bonchev–Trinajstić information content (AvgIpc) is 2.56. The van der Waals surface area contributed by atoms with Crippen molar-refractivity contribution in [3.63, 3.8) is 0 Å². The molecule has 0 radical (unpaired) electrons. The number of rotatable bonds is 5. The van der Waals surface area contributed by atoms with Crippen LogP contribution in [0.25, 0.3) is 18.2 Å². The molecule has 1 N–H and O–H groups in total. The lowest BCUT2D eigenvalue weighted by atomic mass is 10.1. The minimum atomic E-state index is -0.824. The minimum Gasteiger partial charge on any atom is -0.504 e. The summed E-state index contributed by atoms with van der Waals surface area (Å²) in [4.78, 5) is 14.8. The van der Waals surface area contributed by atoms with Gasteiger partial charge in [-0.25, -0.2) is 4.39 Å². The zero-order chi connectivity index (χ0) is 16.8. The highest BCUT2D eigenvalue weighted by molar-refractivity contribution is 5.82. The summed E-state index contributed by atoms with van der Waals surface area (Å²) in [5.41, 5.74) is 3.01. The van der Waals surface area contributed by atoms with E-state index in [-0.39, 0.29) is 5.56 Å². The molecule has 2 aromatic rings. The number of benzene rings is 2. The molecular weight excluding hydrogens is 293 g/mol. The SMILES string of the molecule is C=Nc1ccc(/C=C/c2cc(F)c(O)c(C=O)c2)cc1/C=C\C. The second-order valence-electron chi connectivity index (χ2n) is 4.87. The summed E-state index contributed by atoms with van der Waals surface area (Å²) >= 11 is 0. The standard InChI is InChI=1S/C19H16FNO2/c1-3-4-15-9-13(7-8-18(15)21-2)5-6-14-10-16(12-22)19(23)17(20)11-14/h3-12,23H,2H2,1H3/b4-3-,6-5+. The highest BCUT2D eigenvalue weighted by Crippen LogP contribution is 2.25. The Morgan fingerprint density at radius 3 is 2.43 bits per heavy atom. The van der Waals surface area contributed by atoms with Crippen LogP contribution in [0.15, 0.2) is 41.4 Å². The van der Waals surface area contributed by atoms with Crippen molar-refractivity contribution < 1.29 is 14.3 Å². The Labute approximate surface area is 134 Å². The Kier molecular flexibility index (Phi) is 5.20. The van der Waals surface area contributed by atoms with Crippen LogP contribution in [-0.2, 0) is 0 Å². The quantitative estimate of drug-likeness (QED) is 0.486. The first-order valence-electron chi connectivity index (χ1n) is 6.98. The van der Waals surface area contributed by atoms with E-state index in [1.165, 1.54) is 12.1 Å². The van der Waals surface area contributed by atoms with E-state index in [4.69, 9.17) is 0 Å². The van der Waals surface area contributed by atoms with Gasteiger partial charge in [0.05, 0.1) is 11.3 Å². The van der Waals surface area contributed by atoms with Crippen LogP contribution in [0.1, 0.15) is 34.0 Å². The minimum absolute atomic E-state index is 0.0783. The monoisotopic (exact) mass is 309 g/mol. The number of allylic oxidation sites excluding steroid dienone is 1. The van der Waals surface area contributed by atoms with Crippen molar-refractivity contribution in [1.29, 1.82) is 0 Å². The summed E-state index contributed by atoms with van der Waals surface area (Å²) in [5, 5.41) is 9.41. The first kappa shape index (κ1) is 16.4. The van der Waals surface area contributed by atoms with Gasteiger partial charge < -0.3 is 5.11 Å². The number of hydrogen-bond acceptors (Lipinski definition) is 3. The first-order valence-corrected chi connectivity index (χ1v) is 6.98. The van der Waals surface area contributed by atoms with Gasteiger partial charge >= 0.3 is 0 Å². The predicted octanol–water partition coefficient (Wildman–Crippen LogP) is 4.88. The molecule has 0 fully saturated rings. The molecule has 116 valence electrons. The van der Waals surface area contributed by atoms with Crippen LogP contribution in [-0.4, -0.2) is 18.1 Å². The maximum atomic E-state index is 13.5. The molecule has 0 aliphatic rings. The molecule has 2 aromatic carbocycles. The van der Waals surface area contributed by atoms with Crippen molar-refractivity contribution in [2.24, 2.45) is 4.99 Å². The Balaban J connectivity index is 2.37. The molecule has 0 heterocycles. The van der Waals surface area contributed by atoms with Gasteiger partial charge in [0.15, 0.2) is 17.9 Å². The molecule has 0 aromatic heterocycles. The fraction of sp³-hybridized carbons (Fsp3) is 0.0526. The number of aromatic hydroxyl groups is 1. The van der Waals surface area contributed by atoms with Crippen LogP contribution in [0.5, 0.6) is 5.75 Å². The van der Waals surface area contributed by atoms with E-state index in [1.807, 2.05) is 37.3 Å². The molecule has 3 nitrogen and oxygen atoms in total. The van der Waals surface area contributed by atoms with Gasteiger partial charge in [0.2, 0.25) is 0 Å². The highest BCUT2D eigenvalue weighted by atomic mass is 19.1. The average molecular weight is 309 g/mol. The van der Waals surface area contributed by atoms with Crippen molar-refractivity contribution in [3.05, 3.63) is 64.5 Å². The molecule has 0 atom stereocenters. The van der Waals surface area contributed by atoms with Crippen LogP contribution in [0.4, 0.5) is 10.1 Å². The van der Waals surface area contributed by atoms with Crippen LogP contribution in [0, 0.1) is 5.82 Å². The number of hydrogen-bond donors (Lipinski definition) is 1. The third kappa shape index (κ3) is 3.80. The number of carbonyl (C=O) groups excluding carboxylic acids is 1. The van der Waals surface area contributed by atoms with E-state index in [1.54, 1.807) is 12.2 Å². The first-order chi connectivity index (χ1) is 11.1. The zero-order valence-electron chi connectivity index (χ0n) is 12.7. The molecule has 2 rings (SSSR count). The molecule has 4 heteroatoms. The Morgan fingerprint density at radius 2 is 1.78 bits per heavy atom. The van der Waals surface area contributed by atoms with Gasteiger partial charge in [0.25, 0.3) is 0 Å². The largest absolute Gasteiger partial charge is 0.504 e. The number of carbonyl (C=O) groups is 1. The molecule has 0 bridgehead atoms. The molecule has 0 saturated heterocycles. The molecule has 23 heavy (non-hydrogen) atoms. The topological polar surface area (TPSA) is 49.7 Å². The third-order valence-electron chi connectivity index (χ3n) is 3.28. The van der Waals surface area contributed by atoms with E-state index < -0.39 is 11.6 Å². The lowest BCUT2D eigenvalue weighted by Crippen LogP contribution is -1.88. The van der Waals surface area contributed by atoms with E-state index in [0.717, 1.165) is 16.8 Å². The van der Waals surface area contributed by atoms with Gasteiger partial charge in [-0.1, -0.05) is 30.4 Å². The van der Waals surface area contributed by atoms with E-state index in [9.17, 15) is 14.3 Å². The van der Waals surface area contributed by atoms with Crippen LogP contribution >= 0.6 is 0 Å². The molecule has 0 spiro atoms. The summed E-state index contributed by atoms with van der Waals surface area (Å²) in [6.07, 6.45) is 7.71. The van der Waals surface area contributed by atoms with Crippen LogP contribution in [0.3, 0.4) is 0 Å². The fourth-order valence-electron chi connectivity index (χ4n) is 2.15. The second kappa shape index (κ2) is 7.31. The number of phenolic OH excluding ortho intramolecular Hbond substituents is 1. The maximum Gasteiger partial charge on any atom is 0.166 e. The molecule has 0 aliphatic carbocycles. The van der Waals surface area contributed by atoms with Crippen molar-refractivity contribution in [3.8, 4) is 5.75 Å².